The number of aromatic nitrogens is 1. The number of benzene rings is 1. The van der Waals surface area contributed by atoms with Crippen LogP contribution >= 0.6 is 0 Å². The van der Waals surface area contributed by atoms with Gasteiger partial charge in [-0.3, -0.25) is 9.78 Å². The zero-order valence-corrected chi connectivity index (χ0v) is 14.0. The van der Waals surface area contributed by atoms with Gasteiger partial charge in [0.15, 0.2) is 0 Å². The summed E-state index contributed by atoms with van der Waals surface area (Å²) in [7, 11) is 0. The molecule has 0 saturated carbocycles. The minimum Gasteiger partial charge on any atom is -0.389 e. The monoisotopic (exact) mass is 325 g/mol. The Morgan fingerprint density at radius 2 is 1.92 bits per heavy atom. The fourth-order valence-electron chi connectivity index (χ4n) is 3.40. The SMILES string of the molecule is Cc1cc(C(=O)N[C@]2(c3ccccc3)CCNC[C@H]2O)cc(C)n1. The molecule has 2 aromatic rings. The number of β-amino-alcohol motifs (C(OH)–C–C–N with tert-alkyl or cyclic N) is 1. The summed E-state index contributed by atoms with van der Waals surface area (Å²) in [5.74, 6) is -0.187. The number of carbonyl (C=O) groups is 1. The molecule has 0 unspecified atom stereocenters. The van der Waals surface area contributed by atoms with Crippen LogP contribution in [0.2, 0.25) is 0 Å². The molecule has 5 nitrogen and oxygen atoms in total. The van der Waals surface area contributed by atoms with Crippen molar-refractivity contribution in [2.75, 3.05) is 13.1 Å². The predicted octanol–water partition coefficient (Wildman–Crippen LogP) is 1.68. The molecular formula is C19H23N3O2. The molecule has 1 amide bonds. The number of rotatable bonds is 3. The van der Waals surface area contributed by atoms with E-state index in [1.807, 2.05) is 44.2 Å². The predicted molar refractivity (Wildman–Crippen MR) is 92.8 cm³/mol. The molecule has 1 aromatic carbocycles. The first-order chi connectivity index (χ1) is 11.5. The first-order valence-electron chi connectivity index (χ1n) is 8.23. The molecule has 3 rings (SSSR count). The Morgan fingerprint density at radius 1 is 1.25 bits per heavy atom. The van der Waals surface area contributed by atoms with Gasteiger partial charge in [0.05, 0.1) is 11.6 Å². The first kappa shape index (κ1) is 16.6. The van der Waals surface area contributed by atoms with Crippen LogP contribution in [0.5, 0.6) is 0 Å². The van der Waals surface area contributed by atoms with Crippen molar-refractivity contribution in [3.63, 3.8) is 0 Å². The molecule has 2 heterocycles. The maximum absolute atomic E-state index is 12.9. The Bertz CT molecular complexity index is 712. The number of hydrogen-bond donors (Lipinski definition) is 3. The van der Waals surface area contributed by atoms with E-state index in [-0.39, 0.29) is 5.91 Å². The van der Waals surface area contributed by atoms with E-state index in [0.717, 1.165) is 23.5 Å². The third-order valence-electron chi connectivity index (χ3n) is 4.57. The number of nitrogens with zero attached hydrogens (tertiary/aromatic N) is 1. The van der Waals surface area contributed by atoms with Crippen LogP contribution in [0.25, 0.3) is 0 Å². The number of aliphatic hydroxyl groups excluding tert-OH is 1. The van der Waals surface area contributed by atoms with E-state index < -0.39 is 11.6 Å². The second kappa shape index (κ2) is 6.71. The largest absolute Gasteiger partial charge is 0.389 e. The van der Waals surface area contributed by atoms with E-state index >= 15 is 0 Å². The summed E-state index contributed by atoms with van der Waals surface area (Å²) >= 11 is 0. The Balaban J connectivity index is 1.96. The van der Waals surface area contributed by atoms with Gasteiger partial charge in [-0.15, -0.1) is 0 Å². The summed E-state index contributed by atoms with van der Waals surface area (Å²) in [4.78, 5) is 17.2. The average molecular weight is 325 g/mol. The van der Waals surface area contributed by atoms with Crippen LogP contribution in [-0.4, -0.2) is 35.2 Å². The molecule has 1 fully saturated rings. The van der Waals surface area contributed by atoms with Crippen LogP contribution in [0.4, 0.5) is 0 Å². The van der Waals surface area contributed by atoms with Gasteiger partial charge in [-0.05, 0) is 44.5 Å². The topological polar surface area (TPSA) is 74.2 Å². The lowest BCUT2D eigenvalue weighted by Crippen LogP contribution is -2.61. The second-order valence-electron chi connectivity index (χ2n) is 6.40. The Morgan fingerprint density at radius 3 is 2.54 bits per heavy atom. The number of carbonyl (C=O) groups excluding carboxylic acids is 1. The highest BCUT2D eigenvalue weighted by molar-refractivity contribution is 5.95. The lowest BCUT2D eigenvalue weighted by Gasteiger charge is -2.43. The minimum atomic E-state index is -0.783. The van der Waals surface area contributed by atoms with Gasteiger partial charge in [-0.25, -0.2) is 0 Å². The van der Waals surface area contributed by atoms with Crippen molar-refractivity contribution in [1.29, 1.82) is 0 Å². The number of amides is 1. The van der Waals surface area contributed by atoms with Gasteiger partial charge in [0.2, 0.25) is 0 Å². The van der Waals surface area contributed by atoms with Crippen LogP contribution < -0.4 is 10.6 Å². The van der Waals surface area contributed by atoms with Crippen LogP contribution in [0, 0.1) is 13.8 Å². The van der Waals surface area contributed by atoms with Crippen molar-refractivity contribution in [2.24, 2.45) is 0 Å². The first-order valence-corrected chi connectivity index (χ1v) is 8.23. The smallest absolute Gasteiger partial charge is 0.252 e. The lowest BCUT2D eigenvalue weighted by atomic mass is 9.79. The van der Waals surface area contributed by atoms with Crippen LogP contribution in [0.3, 0.4) is 0 Å². The van der Waals surface area contributed by atoms with Crippen LogP contribution in [0.1, 0.15) is 33.7 Å². The van der Waals surface area contributed by atoms with E-state index in [1.165, 1.54) is 0 Å². The molecule has 0 bridgehead atoms. The number of nitrogens with one attached hydrogen (secondary N) is 2. The summed E-state index contributed by atoms with van der Waals surface area (Å²) in [6.45, 7) is 4.93. The molecule has 24 heavy (non-hydrogen) atoms. The maximum atomic E-state index is 12.9. The second-order valence-corrected chi connectivity index (χ2v) is 6.40. The van der Waals surface area contributed by atoms with Crippen molar-refractivity contribution in [1.82, 2.24) is 15.6 Å². The highest BCUT2D eigenvalue weighted by Gasteiger charge is 2.42. The van der Waals surface area contributed by atoms with E-state index in [1.54, 1.807) is 12.1 Å². The number of piperidine rings is 1. The van der Waals surface area contributed by atoms with Crippen molar-refractivity contribution >= 4 is 5.91 Å². The van der Waals surface area contributed by atoms with E-state index in [4.69, 9.17) is 0 Å². The molecule has 1 aliphatic rings. The third-order valence-corrected chi connectivity index (χ3v) is 4.57. The van der Waals surface area contributed by atoms with Crippen molar-refractivity contribution in [3.05, 3.63) is 65.0 Å². The number of aliphatic hydroxyl groups is 1. The fourth-order valence-corrected chi connectivity index (χ4v) is 3.40. The molecule has 1 saturated heterocycles. The number of aryl methyl sites for hydroxylation is 2. The average Bonchev–Trinajstić information content (AvgIpc) is 2.57. The highest BCUT2D eigenvalue weighted by atomic mass is 16.3. The summed E-state index contributed by atoms with van der Waals surface area (Å²) in [5.41, 5.74) is 2.32. The van der Waals surface area contributed by atoms with Crippen molar-refractivity contribution < 1.29 is 9.90 Å². The van der Waals surface area contributed by atoms with Crippen LogP contribution in [0.15, 0.2) is 42.5 Å². The molecule has 126 valence electrons. The van der Waals surface area contributed by atoms with Gasteiger partial charge in [-0.1, -0.05) is 30.3 Å². The van der Waals surface area contributed by atoms with Gasteiger partial charge in [0.1, 0.15) is 0 Å². The maximum Gasteiger partial charge on any atom is 0.252 e. The standard InChI is InChI=1S/C19H23N3O2/c1-13-10-15(11-14(2)21-13)18(24)22-19(8-9-20-12-17(19)23)16-6-4-3-5-7-16/h3-7,10-11,17,20,23H,8-9,12H2,1-2H3,(H,22,24)/t17-,19+/m1/s1. The molecule has 0 aliphatic carbocycles. The van der Waals surface area contributed by atoms with E-state index in [2.05, 4.69) is 15.6 Å². The third kappa shape index (κ3) is 3.18. The summed E-state index contributed by atoms with van der Waals surface area (Å²) in [6.07, 6.45) is -0.0610. The molecule has 0 radical (unpaired) electrons. The van der Waals surface area contributed by atoms with Gasteiger partial charge >= 0.3 is 0 Å². The quantitative estimate of drug-likeness (QED) is 0.803. The number of pyridine rings is 1. The molecule has 0 spiro atoms. The lowest BCUT2D eigenvalue weighted by molar-refractivity contribution is 0.0289. The van der Waals surface area contributed by atoms with Gasteiger partial charge in [0, 0.05) is 23.5 Å². The Kier molecular flexibility index (Phi) is 4.64. The van der Waals surface area contributed by atoms with E-state index in [0.29, 0.717) is 18.5 Å². The molecule has 1 aliphatic heterocycles. The highest BCUT2D eigenvalue weighted by Crippen LogP contribution is 2.31. The minimum absolute atomic E-state index is 0.187. The van der Waals surface area contributed by atoms with Crippen LogP contribution in [-0.2, 0) is 5.54 Å². The normalized spacial score (nSPS) is 23.7. The summed E-state index contributed by atoms with van der Waals surface area (Å²) in [5, 5.41) is 17.0. The molecule has 5 heteroatoms. The van der Waals surface area contributed by atoms with Gasteiger partial charge in [0.25, 0.3) is 5.91 Å². The zero-order chi connectivity index (χ0) is 17.2. The number of hydrogen-bond acceptors (Lipinski definition) is 4. The molecule has 2 atom stereocenters. The fraction of sp³-hybridized carbons (Fsp3) is 0.368. The Labute approximate surface area is 142 Å². The van der Waals surface area contributed by atoms with Gasteiger partial charge in [-0.2, -0.15) is 0 Å². The molecule has 3 N–H and O–H groups in total. The molecule has 1 aromatic heterocycles. The van der Waals surface area contributed by atoms with Crippen molar-refractivity contribution in [2.45, 2.75) is 31.9 Å². The Hall–Kier alpha value is -2.24. The van der Waals surface area contributed by atoms with Crippen molar-refractivity contribution in [3.8, 4) is 0 Å². The molecular weight excluding hydrogens is 302 g/mol. The zero-order valence-electron chi connectivity index (χ0n) is 14.0. The van der Waals surface area contributed by atoms with E-state index in [9.17, 15) is 9.90 Å². The van der Waals surface area contributed by atoms with Gasteiger partial charge < -0.3 is 15.7 Å². The summed E-state index contributed by atoms with van der Waals surface area (Å²) < 4.78 is 0. The summed E-state index contributed by atoms with van der Waals surface area (Å²) in [6, 6.07) is 13.2.